The predicted octanol–water partition coefficient (Wildman–Crippen LogP) is -0.926. The van der Waals surface area contributed by atoms with Gasteiger partial charge in [0.05, 0.1) is 11.4 Å². The number of amides is 1. The van der Waals surface area contributed by atoms with Gasteiger partial charge in [0.15, 0.2) is 0 Å². The Morgan fingerprint density at radius 2 is 2.00 bits per heavy atom. The van der Waals surface area contributed by atoms with Gasteiger partial charge in [-0.15, -0.1) is 0 Å². The molecule has 0 aliphatic heterocycles. The Kier molecular flexibility index (Phi) is 3.92. The van der Waals surface area contributed by atoms with Gasteiger partial charge in [-0.3, -0.25) is 4.79 Å². The lowest BCUT2D eigenvalue weighted by Gasteiger charge is -2.08. The van der Waals surface area contributed by atoms with E-state index >= 15 is 0 Å². The molecule has 0 atom stereocenters. The summed E-state index contributed by atoms with van der Waals surface area (Å²) in [4.78, 5) is 10.9. The van der Waals surface area contributed by atoms with Crippen molar-refractivity contribution in [3.8, 4) is 0 Å². The highest BCUT2D eigenvalue weighted by Crippen LogP contribution is 2.19. The van der Waals surface area contributed by atoms with Crippen molar-refractivity contribution in [1.82, 2.24) is 5.32 Å². The van der Waals surface area contributed by atoms with Crippen LogP contribution in [0.3, 0.4) is 0 Å². The van der Waals surface area contributed by atoms with Gasteiger partial charge in [0.1, 0.15) is 0 Å². The zero-order valence-electron chi connectivity index (χ0n) is 9.23. The fourth-order valence-corrected chi connectivity index (χ4v) is 1.75. The molecule has 94 valence electrons. The molecule has 17 heavy (non-hydrogen) atoms. The summed E-state index contributed by atoms with van der Waals surface area (Å²) < 4.78 is 22.3. The summed E-state index contributed by atoms with van der Waals surface area (Å²) >= 11 is 0. The molecule has 0 radical (unpaired) electrons. The van der Waals surface area contributed by atoms with E-state index < -0.39 is 10.0 Å². The van der Waals surface area contributed by atoms with Gasteiger partial charge in [-0.05, 0) is 18.2 Å². The Labute approximate surface area is 99.2 Å². The molecule has 0 fully saturated rings. The largest absolute Gasteiger partial charge is 0.399 e. The van der Waals surface area contributed by atoms with Crippen molar-refractivity contribution >= 4 is 27.3 Å². The average molecular weight is 258 g/mol. The number of rotatable bonds is 4. The molecule has 0 saturated carbocycles. The normalized spacial score (nSPS) is 10.9. The molecule has 8 heteroatoms. The number of anilines is 2. The highest BCUT2D eigenvalue weighted by atomic mass is 32.2. The topological polar surface area (TPSA) is 127 Å². The number of primary sulfonamides is 1. The molecule has 6 N–H and O–H groups in total. The third-order valence-corrected chi connectivity index (χ3v) is 2.88. The van der Waals surface area contributed by atoms with E-state index in [1.807, 2.05) is 0 Å². The molecular weight excluding hydrogens is 244 g/mol. The molecule has 0 saturated heterocycles. The average Bonchev–Trinajstić information content (AvgIpc) is 2.24. The van der Waals surface area contributed by atoms with Crippen molar-refractivity contribution in [2.75, 3.05) is 24.6 Å². The van der Waals surface area contributed by atoms with E-state index in [4.69, 9.17) is 10.9 Å². The molecule has 0 unspecified atom stereocenters. The minimum atomic E-state index is -3.81. The maximum atomic E-state index is 11.1. The van der Waals surface area contributed by atoms with Gasteiger partial charge in [0.2, 0.25) is 15.9 Å². The fraction of sp³-hybridized carbons (Fsp3) is 0.222. The highest BCUT2D eigenvalue weighted by Gasteiger charge is 2.10. The minimum Gasteiger partial charge on any atom is -0.399 e. The first-order chi connectivity index (χ1) is 7.82. The van der Waals surface area contributed by atoms with Gasteiger partial charge in [-0.25, -0.2) is 13.6 Å². The van der Waals surface area contributed by atoms with Crippen molar-refractivity contribution in [1.29, 1.82) is 0 Å². The lowest BCUT2D eigenvalue weighted by molar-refractivity contribution is -0.118. The summed E-state index contributed by atoms with van der Waals surface area (Å²) in [5.74, 6) is -0.232. The third kappa shape index (κ3) is 3.93. The lowest BCUT2D eigenvalue weighted by atomic mass is 10.3. The Morgan fingerprint density at radius 1 is 1.35 bits per heavy atom. The number of hydrogen-bond acceptors (Lipinski definition) is 5. The van der Waals surface area contributed by atoms with Crippen LogP contribution >= 0.6 is 0 Å². The summed E-state index contributed by atoms with van der Waals surface area (Å²) in [7, 11) is -2.31. The number of hydrogen-bond donors (Lipinski definition) is 4. The molecule has 0 aromatic heterocycles. The second kappa shape index (κ2) is 5.02. The third-order valence-electron chi connectivity index (χ3n) is 1.99. The number of nitrogens with two attached hydrogens (primary N) is 2. The van der Waals surface area contributed by atoms with Crippen molar-refractivity contribution in [3.05, 3.63) is 18.2 Å². The summed E-state index contributed by atoms with van der Waals surface area (Å²) in [6, 6.07) is 4.08. The van der Waals surface area contributed by atoms with Crippen LogP contribution in [0.2, 0.25) is 0 Å². The van der Waals surface area contributed by atoms with Crippen molar-refractivity contribution in [3.63, 3.8) is 0 Å². The Hall–Kier alpha value is -1.80. The molecule has 0 aliphatic carbocycles. The molecule has 1 aromatic carbocycles. The number of nitrogens with one attached hydrogen (secondary N) is 2. The number of nitrogen functional groups attached to an aromatic ring is 1. The van der Waals surface area contributed by atoms with Crippen LogP contribution in [0.25, 0.3) is 0 Å². The molecule has 0 heterocycles. The molecule has 0 spiro atoms. The quantitative estimate of drug-likeness (QED) is 0.519. The van der Waals surface area contributed by atoms with Crippen molar-refractivity contribution in [2.45, 2.75) is 4.90 Å². The van der Waals surface area contributed by atoms with E-state index in [0.717, 1.165) is 0 Å². The van der Waals surface area contributed by atoms with Crippen LogP contribution in [0, 0.1) is 0 Å². The first-order valence-corrected chi connectivity index (χ1v) is 6.25. The van der Waals surface area contributed by atoms with Gasteiger partial charge in [0.25, 0.3) is 0 Å². The molecule has 1 aromatic rings. The molecule has 1 rings (SSSR count). The first kappa shape index (κ1) is 13.3. The van der Waals surface area contributed by atoms with E-state index in [9.17, 15) is 13.2 Å². The van der Waals surface area contributed by atoms with E-state index in [2.05, 4.69) is 10.6 Å². The van der Waals surface area contributed by atoms with Gasteiger partial charge >= 0.3 is 0 Å². The number of carbonyl (C=O) groups is 1. The number of sulfonamides is 1. The zero-order chi connectivity index (χ0) is 13.1. The Bertz CT molecular complexity index is 527. The molecule has 0 bridgehead atoms. The van der Waals surface area contributed by atoms with E-state index in [1.165, 1.54) is 25.2 Å². The van der Waals surface area contributed by atoms with Crippen LogP contribution in [-0.4, -0.2) is 27.9 Å². The van der Waals surface area contributed by atoms with Gasteiger partial charge in [-0.1, -0.05) is 0 Å². The monoisotopic (exact) mass is 258 g/mol. The van der Waals surface area contributed by atoms with Crippen molar-refractivity contribution in [2.24, 2.45) is 5.14 Å². The van der Waals surface area contributed by atoms with Crippen molar-refractivity contribution < 1.29 is 13.2 Å². The Balaban J connectivity index is 2.95. The highest BCUT2D eigenvalue weighted by molar-refractivity contribution is 7.89. The standard InChI is InChI=1S/C9H14N4O3S/c1-12-9(14)5-13-7-2-6(10)3-8(4-7)17(11,15)16/h2-4,13H,5,10H2,1H3,(H,12,14)(H2,11,15,16). The Morgan fingerprint density at radius 3 is 2.53 bits per heavy atom. The number of benzene rings is 1. The molecule has 0 aliphatic rings. The van der Waals surface area contributed by atoms with Gasteiger partial charge in [0, 0.05) is 18.4 Å². The molecule has 7 nitrogen and oxygen atoms in total. The van der Waals surface area contributed by atoms with Crippen LogP contribution in [0.15, 0.2) is 23.1 Å². The summed E-state index contributed by atoms with van der Waals surface area (Å²) in [5.41, 5.74) is 6.20. The maximum absolute atomic E-state index is 11.1. The smallest absolute Gasteiger partial charge is 0.239 e. The fourth-order valence-electron chi connectivity index (χ4n) is 1.16. The van der Waals surface area contributed by atoms with Crippen LogP contribution in [-0.2, 0) is 14.8 Å². The van der Waals surface area contributed by atoms with Crippen LogP contribution < -0.4 is 21.5 Å². The van der Waals surface area contributed by atoms with Crippen LogP contribution in [0.5, 0.6) is 0 Å². The summed E-state index contributed by atoms with van der Waals surface area (Å²) in [6.07, 6.45) is 0. The van der Waals surface area contributed by atoms with E-state index in [0.29, 0.717) is 5.69 Å². The van der Waals surface area contributed by atoms with E-state index in [-0.39, 0.29) is 23.0 Å². The second-order valence-electron chi connectivity index (χ2n) is 3.36. The van der Waals surface area contributed by atoms with Crippen LogP contribution in [0.1, 0.15) is 0 Å². The first-order valence-electron chi connectivity index (χ1n) is 4.71. The lowest BCUT2D eigenvalue weighted by Crippen LogP contribution is -2.26. The molecule has 1 amide bonds. The SMILES string of the molecule is CNC(=O)CNc1cc(N)cc(S(N)(=O)=O)c1. The van der Waals surface area contributed by atoms with Gasteiger partial charge < -0.3 is 16.4 Å². The van der Waals surface area contributed by atoms with Crippen LogP contribution in [0.4, 0.5) is 11.4 Å². The second-order valence-corrected chi connectivity index (χ2v) is 4.92. The summed E-state index contributed by atoms with van der Waals surface area (Å²) in [6.45, 7) is 0.0179. The number of carbonyl (C=O) groups excluding carboxylic acids is 1. The van der Waals surface area contributed by atoms with E-state index in [1.54, 1.807) is 0 Å². The maximum Gasteiger partial charge on any atom is 0.239 e. The number of likely N-dealkylation sites (N-methyl/N-ethyl adjacent to an activating group) is 1. The summed E-state index contributed by atoms with van der Waals surface area (Å²) in [5, 5.41) is 10.1. The predicted molar refractivity (Wildman–Crippen MR) is 64.8 cm³/mol. The zero-order valence-corrected chi connectivity index (χ0v) is 10.0. The molecular formula is C9H14N4O3S. The minimum absolute atomic E-state index is 0.0179. The van der Waals surface area contributed by atoms with Gasteiger partial charge in [-0.2, -0.15) is 0 Å².